The molecule has 0 saturated heterocycles. The Kier molecular flexibility index (Phi) is 33.9. The predicted molar refractivity (Wildman–Crippen MR) is 386 cm³/mol. The molecular weight excluding hydrogens is 1290 g/mol. The highest BCUT2D eigenvalue weighted by Crippen LogP contribution is 2.20. The van der Waals surface area contributed by atoms with Crippen LogP contribution < -0.4 is 47.9 Å². The standard InChI is InChI=1S/C76H101ClN12O11/c1-50(2)41-63(70(94)82-39-17-12-10-8-7-9-11-16-38-80-51(3)4)85-71(95)62(25-15-18-40-81-69(93)59-24-20-37-79-48-59)84-75(99)68(46-54-29-34-61(92)35-30-54)89(6)76(100)67(49-90)88-74(98)66(45-56-21-19-36-78-47-56)87-73(97)65(43-53-27-32-60(77)33-28-53)86-72(96)64(83-52(5)91)44-55-26-31-57-22-13-14-23-58(57)42-55/h13-14,19-24,26-37,42,47-48,50-51,62-68,80,90,92H,7-12,15-18,25,38-41,43-46,49H2,1-6H3,(H,81,93)(H,82,94)(H,83,91)(H,84,99)(H,85,95)(H,86,96)(H,87,97)(H,88,98)/t62-,63+,64-,65-,66-,67+,68+/m1/s1. The lowest BCUT2D eigenvalue weighted by atomic mass is 9.99. The van der Waals surface area contributed by atoms with Gasteiger partial charge >= 0.3 is 0 Å². The largest absolute Gasteiger partial charge is 0.508 e. The van der Waals surface area contributed by atoms with Crippen LogP contribution in [-0.4, -0.2) is 160 Å². The van der Waals surface area contributed by atoms with Crippen molar-refractivity contribution in [3.05, 3.63) is 173 Å². The number of benzene rings is 4. The Morgan fingerprint density at radius 3 is 1.59 bits per heavy atom. The molecule has 2 heterocycles. The molecule has 0 aliphatic rings. The lowest BCUT2D eigenvalue weighted by molar-refractivity contribution is -0.144. The first-order chi connectivity index (χ1) is 48.1. The number of aromatic nitrogens is 2. The molecule has 23 nitrogen and oxygen atoms in total. The van der Waals surface area contributed by atoms with Crippen LogP contribution in [0, 0.1) is 5.92 Å². The Balaban J connectivity index is 1.21. The van der Waals surface area contributed by atoms with Crippen LogP contribution in [0.4, 0.5) is 0 Å². The van der Waals surface area contributed by atoms with Gasteiger partial charge in [0, 0.05) is 88.6 Å². The number of phenolic OH excluding ortho intramolecular Hbond substituents is 1. The maximum atomic E-state index is 15.1. The average Bonchev–Trinajstić information content (AvgIpc) is 0.839. The second-order valence-corrected chi connectivity index (χ2v) is 26.6. The number of hydrogen-bond donors (Lipinski definition) is 11. The number of nitrogens with zero attached hydrogens (tertiary/aromatic N) is 3. The second kappa shape index (κ2) is 42.6. The van der Waals surface area contributed by atoms with E-state index in [-0.39, 0.29) is 68.6 Å². The Labute approximate surface area is 592 Å². The lowest BCUT2D eigenvalue weighted by Gasteiger charge is -2.32. The van der Waals surface area contributed by atoms with E-state index in [0.717, 1.165) is 66.3 Å². The summed E-state index contributed by atoms with van der Waals surface area (Å²) in [5.74, 6) is -6.23. The SMILES string of the molecule is CC(=O)N[C@H](Cc1ccc2ccccc2c1)C(=O)N[C@H](Cc1ccc(Cl)cc1)C(=O)N[C@H](Cc1cccnc1)C(=O)N[C@@H](CO)C(=O)N(C)[C@@H](Cc1ccc(O)cc1)C(=O)N[C@H](CCCCNC(=O)c1cccnc1)C(=O)N[C@@H](CC(C)C)C(=O)NCCCCCCCCCCNC(C)C. The Bertz CT molecular complexity index is 3570. The third kappa shape index (κ3) is 28.1. The van der Waals surface area contributed by atoms with Gasteiger partial charge in [0.2, 0.25) is 47.3 Å². The number of aliphatic hydroxyl groups is 1. The summed E-state index contributed by atoms with van der Waals surface area (Å²) in [6.45, 7) is 10.1. The van der Waals surface area contributed by atoms with Crippen molar-refractivity contribution in [2.45, 2.75) is 186 Å². The molecule has 2 aromatic heterocycles. The van der Waals surface area contributed by atoms with Gasteiger partial charge in [-0.1, -0.05) is 151 Å². The first-order valence-corrected chi connectivity index (χ1v) is 35.2. The number of hydrogen-bond acceptors (Lipinski definition) is 14. The molecule has 0 bridgehead atoms. The summed E-state index contributed by atoms with van der Waals surface area (Å²) in [6.07, 6.45) is 15.0. The summed E-state index contributed by atoms with van der Waals surface area (Å²) in [5, 5.41) is 49.6. The molecule has 0 saturated carbocycles. The molecule has 4 aromatic carbocycles. The first-order valence-electron chi connectivity index (χ1n) is 34.8. The van der Waals surface area contributed by atoms with Crippen LogP contribution in [0.15, 0.2) is 140 Å². The van der Waals surface area contributed by atoms with E-state index in [0.29, 0.717) is 52.7 Å². The van der Waals surface area contributed by atoms with Crippen molar-refractivity contribution in [3.8, 4) is 5.75 Å². The Morgan fingerprint density at radius 2 is 0.990 bits per heavy atom. The zero-order valence-corrected chi connectivity index (χ0v) is 59.2. The van der Waals surface area contributed by atoms with E-state index in [1.54, 1.807) is 66.9 Å². The quantitative estimate of drug-likeness (QED) is 0.0174. The summed E-state index contributed by atoms with van der Waals surface area (Å²) in [6, 6.07) is 23.4. The molecule has 6 aromatic rings. The molecule has 7 atom stereocenters. The predicted octanol–water partition coefficient (Wildman–Crippen LogP) is 6.89. The molecule has 0 spiro atoms. The Hall–Kier alpha value is -9.32. The lowest BCUT2D eigenvalue weighted by Crippen LogP contribution is -2.61. The van der Waals surface area contributed by atoms with Crippen LogP contribution in [0.3, 0.4) is 0 Å². The number of aromatic hydroxyl groups is 1. The van der Waals surface area contributed by atoms with Gasteiger partial charge in [-0.25, -0.2) is 0 Å². The minimum atomic E-state index is -1.75. The van der Waals surface area contributed by atoms with E-state index in [1.165, 1.54) is 57.5 Å². The van der Waals surface area contributed by atoms with Crippen molar-refractivity contribution in [1.82, 2.24) is 62.7 Å². The minimum absolute atomic E-state index is 0.0274. The molecule has 11 N–H and O–H groups in total. The van der Waals surface area contributed by atoms with Crippen molar-refractivity contribution in [2.24, 2.45) is 5.92 Å². The molecular formula is C76H101ClN12O11. The van der Waals surface area contributed by atoms with Gasteiger partial charge in [0.15, 0.2) is 0 Å². The molecule has 6 rings (SSSR count). The molecule has 100 heavy (non-hydrogen) atoms. The number of phenols is 1. The Morgan fingerprint density at radius 1 is 0.480 bits per heavy atom. The smallest absolute Gasteiger partial charge is 0.252 e. The van der Waals surface area contributed by atoms with Crippen molar-refractivity contribution in [1.29, 1.82) is 0 Å². The minimum Gasteiger partial charge on any atom is -0.508 e. The topological polar surface area (TPSA) is 331 Å². The highest BCUT2D eigenvalue weighted by atomic mass is 35.5. The molecule has 0 aliphatic carbocycles. The van der Waals surface area contributed by atoms with E-state index in [1.807, 2.05) is 56.3 Å². The van der Waals surface area contributed by atoms with Crippen LogP contribution in [0.1, 0.15) is 144 Å². The number of fused-ring (bicyclic) bond motifs is 1. The van der Waals surface area contributed by atoms with Crippen LogP contribution in [0.2, 0.25) is 5.02 Å². The van der Waals surface area contributed by atoms with Crippen molar-refractivity contribution >= 4 is 75.5 Å². The van der Waals surface area contributed by atoms with Gasteiger partial charge in [-0.2, -0.15) is 0 Å². The number of rotatable bonds is 43. The first kappa shape index (κ1) is 79.7. The summed E-state index contributed by atoms with van der Waals surface area (Å²) in [4.78, 5) is 138. The highest BCUT2D eigenvalue weighted by Gasteiger charge is 2.37. The number of halogens is 1. The fourth-order valence-corrected chi connectivity index (χ4v) is 11.7. The molecule has 24 heteroatoms. The second-order valence-electron chi connectivity index (χ2n) is 26.2. The van der Waals surface area contributed by atoms with Crippen molar-refractivity contribution in [2.75, 3.05) is 33.3 Å². The zero-order valence-electron chi connectivity index (χ0n) is 58.4. The van der Waals surface area contributed by atoms with E-state index >= 15 is 4.79 Å². The van der Waals surface area contributed by atoms with Crippen LogP contribution >= 0.6 is 11.6 Å². The van der Waals surface area contributed by atoms with Gasteiger partial charge in [-0.3, -0.25) is 53.1 Å². The van der Waals surface area contributed by atoms with E-state index in [9.17, 15) is 48.6 Å². The van der Waals surface area contributed by atoms with E-state index in [4.69, 9.17) is 11.6 Å². The third-order valence-corrected chi connectivity index (χ3v) is 17.3. The van der Waals surface area contributed by atoms with Crippen molar-refractivity contribution < 1.29 is 53.4 Å². The van der Waals surface area contributed by atoms with E-state index in [2.05, 4.69) is 71.7 Å². The summed E-state index contributed by atoms with van der Waals surface area (Å²) >= 11 is 6.25. The third-order valence-electron chi connectivity index (χ3n) is 17.1. The molecule has 9 amide bonds. The van der Waals surface area contributed by atoms with Gasteiger partial charge in [0.25, 0.3) is 5.91 Å². The van der Waals surface area contributed by atoms with Gasteiger partial charge in [-0.05, 0) is 126 Å². The van der Waals surface area contributed by atoms with Crippen LogP contribution in [0.5, 0.6) is 5.75 Å². The maximum Gasteiger partial charge on any atom is 0.252 e. The average molecular weight is 1390 g/mol. The summed E-state index contributed by atoms with van der Waals surface area (Å²) in [7, 11) is 1.30. The van der Waals surface area contributed by atoms with Gasteiger partial charge in [-0.15, -0.1) is 0 Å². The zero-order chi connectivity index (χ0) is 72.3. The number of nitrogens with one attached hydrogen (secondary N) is 9. The molecule has 0 radical (unpaired) electrons. The summed E-state index contributed by atoms with van der Waals surface area (Å²) < 4.78 is 0. The number of carbonyl (C=O) groups is 9. The molecule has 538 valence electrons. The number of aliphatic hydroxyl groups excluding tert-OH is 1. The number of unbranched alkanes of at least 4 members (excludes halogenated alkanes) is 8. The number of pyridine rings is 2. The van der Waals surface area contributed by atoms with Crippen LogP contribution in [0.25, 0.3) is 10.8 Å². The fourth-order valence-electron chi connectivity index (χ4n) is 11.6. The maximum absolute atomic E-state index is 15.1. The van der Waals surface area contributed by atoms with Gasteiger partial charge in [0.1, 0.15) is 48.0 Å². The fraction of sp³-hybridized carbons (Fsp3) is 0.461. The van der Waals surface area contributed by atoms with Crippen molar-refractivity contribution in [3.63, 3.8) is 0 Å². The van der Waals surface area contributed by atoms with Gasteiger partial charge in [0.05, 0.1) is 12.2 Å². The number of amides is 9. The van der Waals surface area contributed by atoms with E-state index < -0.39 is 90.3 Å². The number of carbonyl (C=O) groups excluding carboxylic acids is 9. The highest BCUT2D eigenvalue weighted by molar-refractivity contribution is 6.30. The number of likely N-dealkylation sites (N-methyl/N-ethyl adjacent to an activating group) is 1. The molecule has 0 fully saturated rings. The molecule has 0 unspecified atom stereocenters. The monoisotopic (exact) mass is 1390 g/mol. The van der Waals surface area contributed by atoms with Crippen LogP contribution in [-0.2, 0) is 64.0 Å². The molecule has 0 aliphatic heterocycles. The van der Waals surface area contributed by atoms with Gasteiger partial charge < -0.3 is 63.0 Å². The normalized spacial score (nSPS) is 13.3. The summed E-state index contributed by atoms with van der Waals surface area (Å²) in [5.41, 5.74) is 2.63.